The topological polar surface area (TPSA) is 71.1 Å². The van der Waals surface area contributed by atoms with E-state index < -0.39 is 0 Å². The zero-order chi connectivity index (χ0) is 23.5. The summed E-state index contributed by atoms with van der Waals surface area (Å²) >= 11 is 0. The van der Waals surface area contributed by atoms with E-state index in [4.69, 9.17) is 9.84 Å². The number of ether oxygens (including phenoxy) is 1. The van der Waals surface area contributed by atoms with Gasteiger partial charge in [0, 0.05) is 25.1 Å². The van der Waals surface area contributed by atoms with Crippen LogP contribution in [0.5, 0.6) is 5.75 Å². The van der Waals surface area contributed by atoms with Crippen molar-refractivity contribution in [2.75, 3.05) is 6.61 Å². The Balaban J connectivity index is 1.94. The highest BCUT2D eigenvalue weighted by Gasteiger charge is 2.28. The molecule has 1 aliphatic carbocycles. The lowest BCUT2D eigenvalue weighted by molar-refractivity contribution is 0.356. The number of hydrogen-bond donors (Lipinski definition) is 0. The van der Waals surface area contributed by atoms with Crippen LogP contribution in [0.2, 0.25) is 0 Å². The van der Waals surface area contributed by atoms with Gasteiger partial charge in [0.05, 0.1) is 12.2 Å². The Morgan fingerprint density at radius 2 is 1.91 bits per heavy atom. The molecule has 0 amide bonds. The van der Waals surface area contributed by atoms with E-state index >= 15 is 0 Å². The Bertz CT molecular complexity index is 1260. The van der Waals surface area contributed by atoms with Gasteiger partial charge in [0.25, 0.3) is 5.56 Å². The molecule has 0 aliphatic heterocycles. The zero-order valence-electron chi connectivity index (χ0n) is 19.9. The minimum atomic E-state index is -0.309. The van der Waals surface area contributed by atoms with Crippen LogP contribution in [-0.4, -0.2) is 25.5 Å². The second kappa shape index (κ2) is 9.81. The molecule has 0 spiro atoms. The third-order valence-corrected chi connectivity index (χ3v) is 6.45. The molecule has 0 bridgehead atoms. The van der Waals surface area contributed by atoms with Crippen molar-refractivity contribution in [2.45, 2.75) is 65.0 Å². The fourth-order valence-corrected chi connectivity index (χ4v) is 4.91. The fourth-order valence-electron chi connectivity index (χ4n) is 4.91. The quantitative estimate of drug-likeness (QED) is 0.482. The number of hydrogen-bond acceptors (Lipinski definition) is 4. The highest BCUT2D eigenvalue weighted by Crippen LogP contribution is 2.36. The van der Waals surface area contributed by atoms with Crippen LogP contribution in [0.3, 0.4) is 0 Å². The smallest absolute Gasteiger partial charge is 0.332 e. The van der Waals surface area contributed by atoms with E-state index in [2.05, 4.69) is 20.4 Å². The lowest BCUT2D eigenvalue weighted by Gasteiger charge is -2.23. The van der Waals surface area contributed by atoms with Gasteiger partial charge >= 0.3 is 5.69 Å². The molecule has 2 aromatic heterocycles. The first-order valence-corrected chi connectivity index (χ1v) is 11.9. The summed E-state index contributed by atoms with van der Waals surface area (Å²) in [7, 11) is 1.57. The van der Waals surface area contributed by atoms with Gasteiger partial charge in [-0.15, -0.1) is 0 Å². The lowest BCUT2D eigenvalue weighted by Crippen LogP contribution is -2.39. The number of fused-ring (bicyclic) bond motifs is 1. The van der Waals surface area contributed by atoms with Gasteiger partial charge in [-0.3, -0.25) is 18.6 Å². The normalized spacial score (nSPS) is 14.8. The van der Waals surface area contributed by atoms with Gasteiger partial charge in [0.15, 0.2) is 5.65 Å². The van der Waals surface area contributed by atoms with Crippen molar-refractivity contribution < 1.29 is 4.74 Å². The molecule has 33 heavy (non-hydrogen) atoms. The first-order chi connectivity index (χ1) is 15.9. The largest absolute Gasteiger partial charge is 0.489 e. The maximum Gasteiger partial charge on any atom is 0.332 e. The van der Waals surface area contributed by atoms with Crippen LogP contribution in [0, 0.1) is 5.92 Å². The molecular formula is C26H34N4O3. The Hall–Kier alpha value is -3.09. The van der Waals surface area contributed by atoms with Gasteiger partial charge in [-0.1, -0.05) is 64.0 Å². The van der Waals surface area contributed by atoms with Crippen LogP contribution in [-0.2, 0) is 20.1 Å². The Morgan fingerprint density at radius 1 is 1.18 bits per heavy atom. The molecule has 0 atom stereocenters. The van der Waals surface area contributed by atoms with Crippen LogP contribution in [0.15, 0.2) is 46.5 Å². The maximum atomic E-state index is 13.4. The number of benzene rings is 1. The van der Waals surface area contributed by atoms with Crippen LogP contribution in [0.4, 0.5) is 0 Å². The number of rotatable bonds is 8. The molecule has 1 aliphatic rings. The van der Waals surface area contributed by atoms with Crippen molar-refractivity contribution in [1.29, 1.82) is 0 Å². The van der Waals surface area contributed by atoms with Gasteiger partial charge in [-0.25, -0.2) is 4.79 Å². The molecule has 0 saturated heterocycles. The van der Waals surface area contributed by atoms with Crippen molar-refractivity contribution in [3.8, 4) is 5.75 Å². The van der Waals surface area contributed by atoms with Crippen molar-refractivity contribution >= 4 is 11.0 Å². The third-order valence-electron chi connectivity index (χ3n) is 6.45. The Morgan fingerprint density at radius 3 is 2.61 bits per heavy atom. The molecule has 176 valence electrons. The first-order valence-electron chi connectivity index (χ1n) is 11.9. The second-order valence-corrected chi connectivity index (χ2v) is 9.44. The van der Waals surface area contributed by atoms with Gasteiger partial charge < -0.3 is 4.74 Å². The van der Waals surface area contributed by atoms with E-state index in [1.54, 1.807) is 17.7 Å². The van der Waals surface area contributed by atoms with E-state index in [1.165, 1.54) is 11.0 Å². The summed E-state index contributed by atoms with van der Waals surface area (Å²) in [6.07, 6.45) is 7.28. The number of aromatic nitrogens is 4. The van der Waals surface area contributed by atoms with E-state index in [9.17, 15) is 9.59 Å². The summed E-state index contributed by atoms with van der Waals surface area (Å²) in [6.45, 7) is 9.29. The van der Waals surface area contributed by atoms with Crippen molar-refractivity contribution in [2.24, 2.45) is 13.0 Å². The van der Waals surface area contributed by atoms with Gasteiger partial charge in [0.2, 0.25) is 0 Å². The predicted octanol–water partition coefficient (Wildman–Crippen LogP) is 4.21. The average molecular weight is 451 g/mol. The minimum Gasteiger partial charge on any atom is -0.489 e. The SMILES string of the molecule is C=CCOc1ccccc1Cn1nc2c(c1C1CCCCC1)c(=O)n(C)c(=O)n2CC(C)C. The molecule has 1 fully saturated rings. The van der Waals surface area contributed by atoms with Crippen LogP contribution >= 0.6 is 0 Å². The van der Waals surface area contributed by atoms with Crippen LogP contribution in [0.1, 0.15) is 63.1 Å². The summed E-state index contributed by atoms with van der Waals surface area (Å²) in [4.78, 5) is 26.4. The summed E-state index contributed by atoms with van der Waals surface area (Å²) in [5.41, 5.74) is 1.88. The summed E-state index contributed by atoms with van der Waals surface area (Å²) < 4.78 is 10.7. The molecule has 0 unspecified atom stereocenters. The van der Waals surface area contributed by atoms with Gasteiger partial charge in [-0.2, -0.15) is 5.10 Å². The standard InChI is InChI=1S/C26H34N4O3/c1-5-15-33-21-14-10-9-13-20(21)17-30-23(19-11-7-6-8-12-19)22-24(27-30)29(16-18(2)3)26(32)28(4)25(22)31/h5,9-10,13-14,18-19H,1,6-8,11-12,15-17H2,2-4H3. The molecule has 7 heteroatoms. The summed E-state index contributed by atoms with van der Waals surface area (Å²) in [6, 6.07) is 7.89. The highest BCUT2D eigenvalue weighted by molar-refractivity contribution is 5.78. The molecular weight excluding hydrogens is 416 g/mol. The average Bonchev–Trinajstić information content (AvgIpc) is 3.19. The lowest BCUT2D eigenvalue weighted by atomic mass is 9.86. The predicted molar refractivity (Wildman–Crippen MR) is 131 cm³/mol. The monoisotopic (exact) mass is 450 g/mol. The molecule has 1 aromatic carbocycles. The molecule has 0 radical (unpaired) electrons. The third kappa shape index (κ3) is 4.54. The molecule has 4 rings (SSSR count). The number of nitrogens with zero attached hydrogens (tertiary/aromatic N) is 4. The summed E-state index contributed by atoms with van der Waals surface area (Å²) in [5, 5.41) is 5.50. The van der Waals surface area contributed by atoms with E-state index in [1.807, 2.05) is 28.9 Å². The van der Waals surface area contributed by atoms with Crippen molar-refractivity contribution in [1.82, 2.24) is 18.9 Å². The minimum absolute atomic E-state index is 0.250. The zero-order valence-corrected chi connectivity index (χ0v) is 19.9. The maximum absolute atomic E-state index is 13.4. The van der Waals surface area contributed by atoms with Gasteiger partial charge in [-0.05, 0) is 24.8 Å². The Kier molecular flexibility index (Phi) is 6.86. The van der Waals surface area contributed by atoms with Crippen LogP contribution in [0.25, 0.3) is 11.0 Å². The van der Waals surface area contributed by atoms with Crippen molar-refractivity contribution in [3.63, 3.8) is 0 Å². The second-order valence-electron chi connectivity index (χ2n) is 9.44. The molecule has 1 saturated carbocycles. The van der Waals surface area contributed by atoms with Crippen LogP contribution < -0.4 is 16.0 Å². The fraction of sp³-hybridized carbons (Fsp3) is 0.500. The molecule has 0 N–H and O–H groups in total. The van der Waals surface area contributed by atoms with E-state index in [-0.39, 0.29) is 23.1 Å². The molecule has 2 heterocycles. The number of para-hydroxylation sites is 1. The van der Waals surface area contributed by atoms with E-state index in [0.717, 1.165) is 42.7 Å². The first kappa shape index (κ1) is 23.1. The molecule has 7 nitrogen and oxygen atoms in total. The van der Waals surface area contributed by atoms with E-state index in [0.29, 0.717) is 30.7 Å². The summed E-state index contributed by atoms with van der Waals surface area (Å²) in [5.74, 6) is 1.28. The Labute approximate surface area is 194 Å². The molecule has 3 aromatic rings. The van der Waals surface area contributed by atoms with Crippen molar-refractivity contribution in [3.05, 3.63) is 69.0 Å². The van der Waals surface area contributed by atoms with Gasteiger partial charge in [0.1, 0.15) is 17.7 Å². The highest BCUT2D eigenvalue weighted by atomic mass is 16.5.